The smallest absolute Gasteiger partial charge is 0.142 e. The van der Waals surface area contributed by atoms with Crippen LogP contribution in [0.4, 0.5) is 0 Å². The molecule has 0 saturated carbocycles. The van der Waals surface area contributed by atoms with Crippen LogP contribution in [-0.2, 0) is 4.74 Å². The topological polar surface area (TPSA) is 173 Å². The van der Waals surface area contributed by atoms with Crippen molar-refractivity contribution in [1.82, 2.24) is 26.4 Å². The normalized spacial score (nSPS) is 56.7. The first-order chi connectivity index (χ1) is 11.0. The largest absolute Gasteiger partial charge is 0.394 e. The maximum Gasteiger partial charge on any atom is 0.142 e. The molecule has 10 unspecified atom stereocenters. The monoisotopic (exact) mass is 331 g/mol. The highest BCUT2D eigenvalue weighted by molar-refractivity contribution is 5.09. The maximum absolute atomic E-state index is 10.4. The third-order valence-electron chi connectivity index (χ3n) is 5.50. The summed E-state index contributed by atoms with van der Waals surface area (Å²) < 4.78 is 5.71. The summed E-state index contributed by atoms with van der Waals surface area (Å²) in [6.45, 7) is 0.167. The molecule has 0 radical (unpaired) electrons. The van der Waals surface area contributed by atoms with Crippen molar-refractivity contribution in [2.24, 2.45) is 23.3 Å². The molecule has 0 aromatic heterocycles. The fraction of sp³-hybridized carbons (Fsp3) is 1.00. The van der Waals surface area contributed by atoms with E-state index in [4.69, 9.17) is 16.2 Å². The van der Waals surface area contributed by atoms with Gasteiger partial charge >= 0.3 is 0 Å². The van der Waals surface area contributed by atoms with Gasteiger partial charge in [0.2, 0.25) is 0 Å². The van der Waals surface area contributed by atoms with Crippen LogP contribution in [-0.4, -0.2) is 82.7 Å². The molecule has 4 aliphatic rings. The summed E-state index contributed by atoms with van der Waals surface area (Å²) in [5.41, 5.74) is 18.5. The number of nitrogens with two attached hydrogens (primary N) is 2. The maximum atomic E-state index is 10.4. The average Bonchev–Trinajstić information content (AvgIpc) is 3.15. The summed E-state index contributed by atoms with van der Waals surface area (Å²) in [7, 11) is 0. The Morgan fingerprint density at radius 1 is 1.00 bits per heavy atom. The standard InChI is InChI=1S/C12H25N7O4/c13-8-4-5-9(14)17-18-11(5)19(10(4)16-2-15-8)12-7(22)6(21)3(1-20)23-12/h3-12,15-18,20-22H,1-2,13-14H2. The Morgan fingerprint density at radius 3 is 2.43 bits per heavy atom. The molecular formula is C12H25N7O4. The van der Waals surface area contributed by atoms with E-state index in [9.17, 15) is 15.3 Å². The van der Waals surface area contributed by atoms with Gasteiger partial charge in [-0.1, -0.05) is 0 Å². The molecule has 4 fully saturated rings. The number of aliphatic hydroxyl groups excluding tert-OH is 3. The minimum Gasteiger partial charge on any atom is -0.394 e. The summed E-state index contributed by atoms with van der Waals surface area (Å²) in [4.78, 5) is 1.93. The highest BCUT2D eigenvalue weighted by Crippen LogP contribution is 2.42. The van der Waals surface area contributed by atoms with Gasteiger partial charge in [-0.3, -0.25) is 10.6 Å². The number of nitrogens with zero attached hydrogens (tertiary/aromatic N) is 1. The van der Waals surface area contributed by atoms with E-state index in [1.54, 1.807) is 0 Å². The lowest BCUT2D eigenvalue weighted by Gasteiger charge is -2.41. The Hall–Kier alpha value is -0.440. The van der Waals surface area contributed by atoms with Crippen molar-refractivity contribution in [3.05, 3.63) is 0 Å². The molecule has 4 aliphatic heterocycles. The second kappa shape index (κ2) is 5.82. The van der Waals surface area contributed by atoms with Crippen LogP contribution >= 0.6 is 0 Å². The van der Waals surface area contributed by atoms with Gasteiger partial charge in [-0.15, -0.1) is 0 Å². The Balaban J connectivity index is 1.65. The molecule has 0 aromatic rings. The molecule has 11 nitrogen and oxygen atoms in total. The molecule has 0 bridgehead atoms. The number of rotatable bonds is 2. The molecule has 4 rings (SSSR count). The van der Waals surface area contributed by atoms with E-state index >= 15 is 0 Å². The van der Waals surface area contributed by atoms with Crippen molar-refractivity contribution in [3.8, 4) is 0 Å². The molecule has 23 heavy (non-hydrogen) atoms. The third kappa shape index (κ3) is 2.25. The number of aliphatic hydroxyl groups is 3. The fourth-order valence-corrected chi connectivity index (χ4v) is 4.41. The van der Waals surface area contributed by atoms with E-state index in [-0.39, 0.29) is 43.1 Å². The van der Waals surface area contributed by atoms with Crippen LogP contribution in [0.5, 0.6) is 0 Å². The van der Waals surface area contributed by atoms with Crippen molar-refractivity contribution in [1.29, 1.82) is 0 Å². The van der Waals surface area contributed by atoms with Crippen LogP contribution in [0.1, 0.15) is 0 Å². The van der Waals surface area contributed by atoms with Gasteiger partial charge in [0, 0.05) is 18.5 Å². The average molecular weight is 331 g/mol. The van der Waals surface area contributed by atoms with Gasteiger partial charge in [-0.2, -0.15) is 0 Å². The van der Waals surface area contributed by atoms with Crippen LogP contribution in [0.2, 0.25) is 0 Å². The minimum atomic E-state index is -1.14. The SMILES string of the molecule is NC1NCNC2C1C1C(N)NNC1N2C1OC(CO)C(O)C1O. The minimum absolute atomic E-state index is 0.00332. The first-order valence-electron chi connectivity index (χ1n) is 7.93. The van der Waals surface area contributed by atoms with Crippen molar-refractivity contribution in [2.45, 2.75) is 49.2 Å². The molecule has 4 heterocycles. The van der Waals surface area contributed by atoms with Gasteiger partial charge in [-0.25, -0.2) is 15.8 Å². The van der Waals surface area contributed by atoms with Crippen LogP contribution in [0.15, 0.2) is 0 Å². The number of nitrogens with one attached hydrogen (secondary N) is 4. The van der Waals surface area contributed by atoms with Gasteiger partial charge in [0.1, 0.15) is 24.5 Å². The molecule has 11 heteroatoms. The highest BCUT2D eigenvalue weighted by atomic mass is 16.6. The van der Waals surface area contributed by atoms with Gasteiger partial charge in [0.25, 0.3) is 0 Å². The summed E-state index contributed by atoms with van der Waals surface area (Å²) in [5, 5.41) is 36.2. The molecule has 0 amide bonds. The lowest BCUT2D eigenvalue weighted by Crippen LogP contribution is -2.67. The van der Waals surface area contributed by atoms with Crippen LogP contribution < -0.4 is 33.0 Å². The number of hydrogen-bond donors (Lipinski definition) is 9. The number of hydrogen-bond acceptors (Lipinski definition) is 11. The van der Waals surface area contributed by atoms with Crippen LogP contribution in [0.3, 0.4) is 0 Å². The summed E-state index contributed by atoms with van der Waals surface area (Å²) in [5.74, 6) is -0.0104. The molecule has 0 spiro atoms. The third-order valence-corrected chi connectivity index (χ3v) is 5.50. The van der Waals surface area contributed by atoms with E-state index in [0.29, 0.717) is 6.67 Å². The van der Waals surface area contributed by atoms with E-state index in [0.717, 1.165) is 0 Å². The first kappa shape index (κ1) is 16.1. The molecule has 11 N–H and O–H groups in total. The molecule has 4 saturated heterocycles. The first-order valence-corrected chi connectivity index (χ1v) is 7.93. The predicted molar refractivity (Wildman–Crippen MR) is 77.5 cm³/mol. The van der Waals surface area contributed by atoms with Gasteiger partial charge in [-0.05, 0) is 0 Å². The Bertz CT molecular complexity index is 459. The number of ether oxygens (including phenoxy) is 1. The van der Waals surface area contributed by atoms with Crippen LogP contribution in [0.25, 0.3) is 0 Å². The fourth-order valence-electron chi connectivity index (χ4n) is 4.41. The lowest BCUT2D eigenvalue weighted by molar-refractivity contribution is -0.129. The zero-order valence-corrected chi connectivity index (χ0v) is 12.5. The van der Waals surface area contributed by atoms with E-state index in [1.807, 2.05) is 4.90 Å². The van der Waals surface area contributed by atoms with Crippen LogP contribution in [0, 0.1) is 11.8 Å². The molecule has 132 valence electrons. The number of fused-ring (bicyclic) bond motifs is 3. The Labute approximate surface area is 133 Å². The van der Waals surface area contributed by atoms with Crippen molar-refractivity contribution in [2.75, 3.05) is 13.3 Å². The van der Waals surface area contributed by atoms with E-state index in [1.165, 1.54) is 0 Å². The van der Waals surface area contributed by atoms with Gasteiger partial charge < -0.3 is 31.5 Å². The Kier molecular flexibility index (Phi) is 4.06. The van der Waals surface area contributed by atoms with Crippen molar-refractivity contribution >= 4 is 0 Å². The van der Waals surface area contributed by atoms with E-state index in [2.05, 4.69) is 21.5 Å². The van der Waals surface area contributed by atoms with Gasteiger partial charge in [0.15, 0.2) is 0 Å². The number of likely N-dealkylation sites (tertiary alicyclic amines) is 1. The Morgan fingerprint density at radius 2 is 1.74 bits per heavy atom. The lowest BCUT2D eigenvalue weighted by atomic mass is 9.87. The molecule has 0 aromatic carbocycles. The molecular weight excluding hydrogens is 306 g/mol. The molecule has 0 aliphatic carbocycles. The second-order valence-corrected chi connectivity index (χ2v) is 6.65. The zero-order valence-electron chi connectivity index (χ0n) is 12.5. The van der Waals surface area contributed by atoms with Crippen molar-refractivity contribution in [3.63, 3.8) is 0 Å². The highest BCUT2D eigenvalue weighted by Gasteiger charge is 2.61. The van der Waals surface area contributed by atoms with E-state index < -0.39 is 24.5 Å². The molecule has 10 atom stereocenters. The number of hydrazine groups is 1. The zero-order chi connectivity index (χ0) is 16.3. The van der Waals surface area contributed by atoms with Gasteiger partial charge in [0.05, 0.1) is 31.3 Å². The quantitative estimate of drug-likeness (QED) is 0.236. The predicted octanol–water partition coefficient (Wildman–Crippen LogP) is -5.55. The summed E-state index contributed by atoms with van der Waals surface area (Å²) in [6, 6.07) is 0. The van der Waals surface area contributed by atoms with Crippen molar-refractivity contribution < 1.29 is 20.1 Å². The second-order valence-electron chi connectivity index (χ2n) is 6.65. The summed E-state index contributed by atoms with van der Waals surface area (Å²) in [6.07, 6.45) is -4.74. The summed E-state index contributed by atoms with van der Waals surface area (Å²) >= 11 is 0.